The highest BCUT2D eigenvalue weighted by Gasteiger charge is 2.28. The Morgan fingerprint density at radius 2 is 1.91 bits per heavy atom. The summed E-state index contributed by atoms with van der Waals surface area (Å²) in [5.74, 6) is 0. The van der Waals surface area contributed by atoms with Crippen LogP contribution < -0.4 is 5.31 Å². The van der Waals surface area contributed by atoms with E-state index in [4.69, 9.17) is 13.0 Å². The van der Waals surface area contributed by atoms with E-state index in [-0.39, 0.29) is 0 Å². The van der Waals surface area contributed by atoms with Gasteiger partial charge in [-0.1, -0.05) is 43.2 Å². The summed E-state index contributed by atoms with van der Waals surface area (Å²) in [5.41, 5.74) is 4.81. The van der Waals surface area contributed by atoms with E-state index in [2.05, 4.69) is 30.9 Å². The Labute approximate surface area is 141 Å². The maximum Gasteiger partial charge on any atom is 0.122 e. The Hall–Kier alpha value is -0.830. The minimum atomic E-state index is 0.373. The quantitative estimate of drug-likeness (QED) is 0.898. The molecule has 0 atom stereocenters. The molecule has 3 rings (SSSR count). The average Bonchev–Trinajstić information content (AvgIpc) is 2.52. The summed E-state index contributed by atoms with van der Waals surface area (Å²) in [4.78, 5) is 2.51. The minimum Gasteiger partial charge on any atom is -0.314 e. The Kier molecular flexibility index (Phi) is 4.51. The first-order valence-electron chi connectivity index (χ1n) is 8.81. The summed E-state index contributed by atoms with van der Waals surface area (Å²) < 4.78 is 7.71. The Morgan fingerprint density at radius 3 is 2.59 bits per heavy atom. The van der Waals surface area contributed by atoms with Crippen molar-refractivity contribution >= 4 is 17.2 Å². The van der Waals surface area contributed by atoms with Crippen molar-refractivity contribution in [2.45, 2.75) is 33.1 Å². The van der Waals surface area contributed by atoms with Crippen molar-refractivity contribution in [2.24, 2.45) is 5.41 Å². The molecule has 0 aromatic heterocycles. The van der Waals surface area contributed by atoms with Gasteiger partial charge in [-0.15, -0.1) is 0 Å². The molecule has 1 aromatic rings. The number of halogens is 1. The summed E-state index contributed by atoms with van der Waals surface area (Å²) in [7, 11) is 0. The van der Waals surface area contributed by atoms with E-state index in [1.165, 1.54) is 24.0 Å². The fourth-order valence-corrected chi connectivity index (χ4v) is 3.67. The van der Waals surface area contributed by atoms with Crippen molar-refractivity contribution in [3.05, 3.63) is 40.4 Å². The highest BCUT2D eigenvalue weighted by molar-refractivity contribution is 6.30. The van der Waals surface area contributed by atoms with Gasteiger partial charge in [-0.2, -0.15) is 0 Å². The van der Waals surface area contributed by atoms with Crippen LogP contribution in [0, 0.1) is 5.41 Å². The lowest BCUT2D eigenvalue weighted by molar-refractivity contribution is 0.249. The van der Waals surface area contributed by atoms with E-state index in [1.807, 2.05) is 12.1 Å². The molecule has 0 amide bonds. The van der Waals surface area contributed by atoms with Crippen LogP contribution in [-0.4, -0.2) is 37.6 Å². The van der Waals surface area contributed by atoms with Crippen LogP contribution in [-0.2, 0) is 0 Å². The van der Waals surface area contributed by atoms with E-state index in [0.29, 0.717) is 5.41 Å². The van der Waals surface area contributed by atoms with Crippen LogP contribution in [0.5, 0.6) is 0 Å². The fraction of sp³-hybridized carbons (Fsp3) is 0.579. The van der Waals surface area contributed by atoms with E-state index in [9.17, 15) is 0 Å². The van der Waals surface area contributed by atoms with E-state index in [1.54, 1.807) is 10.9 Å². The zero-order valence-corrected chi connectivity index (χ0v) is 14.5. The molecule has 0 spiro atoms. The smallest absolute Gasteiger partial charge is 0.122 e. The number of rotatable bonds is 3. The Morgan fingerprint density at radius 1 is 1.23 bits per heavy atom. The van der Waals surface area contributed by atoms with Gasteiger partial charge in [0.1, 0.15) is 1.41 Å². The molecule has 1 saturated heterocycles. The van der Waals surface area contributed by atoms with Gasteiger partial charge in [-0.05, 0) is 47.9 Å². The SMILES string of the molecule is [2H]N1CCN(CC2=C(c3ccc(Cl)cc3)CC(C)(C)CC2)CC1. The lowest BCUT2D eigenvalue weighted by Gasteiger charge is -2.36. The first-order chi connectivity index (χ1) is 10.9. The van der Waals surface area contributed by atoms with E-state index >= 15 is 0 Å². The normalized spacial score (nSPS) is 24.4. The van der Waals surface area contributed by atoms with Gasteiger partial charge in [-0.3, -0.25) is 4.90 Å². The van der Waals surface area contributed by atoms with Gasteiger partial charge >= 0.3 is 0 Å². The summed E-state index contributed by atoms with van der Waals surface area (Å²) in [6, 6.07) is 8.34. The van der Waals surface area contributed by atoms with Gasteiger partial charge in [0.05, 0.1) is 0 Å². The van der Waals surface area contributed by atoms with Crippen molar-refractivity contribution < 1.29 is 1.41 Å². The van der Waals surface area contributed by atoms with Gasteiger partial charge < -0.3 is 5.31 Å². The van der Waals surface area contributed by atoms with Crippen LogP contribution in [0.1, 0.15) is 38.7 Å². The molecule has 1 aliphatic carbocycles. The number of nitrogens with one attached hydrogen (secondary N) is 1. The lowest BCUT2D eigenvalue weighted by Crippen LogP contribution is -2.44. The predicted octanol–water partition coefficient (Wildman–Crippen LogP) is 4.21. The summed E-state index contributed by atoms with van der Waals surface area (Å²) >= 11 is 6.07. The Balaban J connectivity index is 1.84. The Bertz CT molecular complexity index is 572. The number of hydrogen-bond donors (Lipinski definition) is 1. The zero-order valence-electron chi connectivity index (χ0n) is 14.7. The first-order valence-corrected chi connectivity index (χ1v) is 8.74. The van der Waals surface area contributed by atoms with Crippen molar-refractivity contribution in [3.63, 3.8) is 0 Å². The molecule has 2 aliphatic rings. The summed E-state index contributed by atoms with van der Waals surface area (Å²) in [5, 5.41) is 2.48. The topological polar surface area (TPSA) is 15.3 Å². The second-order valence-corrected chi connectivity index (χ2v) is 7.81. The number of hydrogen-bond acceptors (Lipinski definition) is 2. The van der Waals surface area contributed by atoms with Crippen LogP contribution in [0.3, 0.4) is 0 Å². The second-order valence-electron chi connectivity index (χ2n) is 7.38. The highest BCUT2D eigenvalue weighted by atomic mass is 35.5. The third-order valence-corrected chi connectivity index (χ3v) is 5.19. The molecule has 120 valence electrons. The predicted molar refractivity (Wildman–Crippen MR) is 95.3 cm³/mol. The molecule has 1 heterocycles. The van der Waals surface area contributed by atoms with Crippen LogP contribution in [0.15, 0.2) is 29.8 Å². The molecule has 0 saturated carbocycles. The highest BCUT2D eigenvalue weighted by Crippen LogP contribution is 2.43. The number of nitrogens with zero attached hydrogens (tertiary/aromatic N) is 1. The third kappa shape index (κ3) is 3.92. The van der Waals surface area contributed by atoms with Gasteiger partial charge in [0.25, 0.3) is 0 Å². The molecule has 1 aromatic carbocycles. The molecule has 1 N–H and O–H groups in total. The lowest BCUT2D eigenvalue weighted by atomic mass is 9.72. The molecular formula is C19H27ClN2. The first kappa shape index (κ1) is 14.7. The standard InChI is InChI=1S/C19H27ClN2/c1-19(2)8-7-16(14-22-11-9-21-10-12-22)18(13-19)15-3-5-17(20)6-4-15/h3-6,21H,7-14H2,1-2H3/i/hD. The number of piperazine rings is 1. The maximum atomic E-state index is 7.71. The largest absolute Gasteiger partial charge is 0.314 e. The van der Waals surface area contributed by atoms with Crippen molar-refractivity contribution in [1.29, 1.82) is 0 Å². The van der Waals surface area contributed by atoms with Crippen molar-refractivity contribution in [1.82, 2.24) is 10.2 Å². The molecule has 0 bridgehead atoms. The molecule has 1 aliphatic heterocycles. The molecular weight excluding hydrogens is 292 g/mol. The van der Waals surface area contributed by atoms with Crippen LogP contribution in [0.4, 0.5) is 0 Å². The number of benzene rings is 1. The molecule has 22 heavy (non-hydrogen) atoms. The van der Waals surface area contributed by atoms with Crippen molar-refractivity contribution in [3.8, 4) is 0 Å². The zero-order chi connectivity index (χ0) is 16.4. The van der Waals surface area contributed by atoms with Crippen molar-refractivity contribution in [2.75, 3.05) is 32.7 Å². The monoisotopic (exact) mass is 319 g/mol. The molecule has 3 heteroatoms. The minimum absolute atomic E-state index is 0.373. The summed E-state index contributed by atoms with van der Waals surface area (Å²) in [6.07, 6.45) is 3.59. The van der Waals surface area contributed by atoms with Crippen LogP contribution >= 0.6 is 11.6 Å². The summed E-state index contributed by atoms with van der Waals surface area (Å²) in [6.45, 7) is 9.53. The van der Waals surface area contributed by atoms with Crippen LogP contribution in [0.2, 0.25) is 6.43 Å². The van der Waals surface area contributed by atoms with Gasteiger partial charge in [0.2, 0.25) is 0 Å². The maximum absolute atomic E-state index is 7.71. The molecule has 0 radical (unpaired) electrons. The molecule has 2 nitrogen and oxygen atoms in total. The molecule has 0 unspecified atom stereocenters. The average molecular weight is 320 g/mol. The van der Waals surface area contributed by atoms with E-state index in [0.717, 1.165) is 44.2 Å². The van der Waals surface area contributed by atoms with Gasteiger partial charge in [0, 0.05) is 37.7 Å². The third-order valence-electron chi connectivity index (χ3n) is 4.94. The number of allylic oxidation sites excluding steroid dienone is 1. The van der Waals surface area contributed by atoms with E-state index < -0.39 is 0 Å². The van der Waals surface area contributed by atoms with Gasteiger partial charge in [0.15, 0.2) is 0 Å². The van der Waals surface area contributed by atoms with Gasteiger partial charge in [-0.25, -0.2) is 0 Å². The molecule has 1 fully saturated rings. The fourth-order valence-electron chi connectivity index (χ4n) is 3.54. The second kappa shape index (κ2) is 6.74. The van der Waals surface area contributed by atoms with Crippen LogP contribution in [0.25, 0.3) is 5.57 Å².